The Labute approximate surface area is 562 Å². The maximum absolute atomic E-state index is 14.9. The highest BCUT2D eigenvalue weighted by Gasteiger charge is 2.59. The molecule has 0 aromatic heterocycles. The van der Waals surface area contributed by atoms with Crippen LogP contribution in [0, 0.1) is 0 Å². The first-order chi connectivity index (χ1) is 47.8. The number of rotatable bonds is 24. The summed E-state index contributed by atoms with van der Waals surface area (Å²) in [4.78, 5) is 116. The van der Waals surface area contributed by atoms with Crippen molar-refractivity contribution in [2.24, 2.45) is 0 Å². The van der Waals surface area contributed by atoms with Gasteiger partial charge in [0.15, 0.2) is 67.7 Å². The van der Waals surface area contributed by atoms with Gasteiger partial charge in [-0.05, 0) is 104 Å². The van der Waals surface area contributed by atoms with Crippen LogP contribution < -0.4 is 0 Å². The fraction of sp³-hybridized carbons (Fsp3) is 0.237. The van der Waals surface area contributed by atoms with E-state index in [2.05, 4.69) is 6.58 Å². The van der Waals surface area contributed by atoms with E-state index in [9.17, 15) is 38.4 Å². The first kappa shape index (κ1) is 68.4. The van der Waals surface area contributed by atoms with Gasteiger partial charge in [-0.3, -0.25) is 0 Å². The molecule has 0 radical (unpaired) electrons. The molecule has 22 heteroatoms. The van der Waals surface area contributed by atoms with E-state index in [-0.39, 0.29) is 51.1 Å². The predicted octanol–water partition coefficient (Wildman–Crippen LogP) is 10.2. The van der Waals surface area contributed by atoms with Crippen LogP contribution in [0.15, 0.2) is 255 Å². The molecule has 22 nitrogen and oxygen atoms in total. The summed E-state index contributed by atoms with van der Waals surface area (Å²) in [5.41, 5.74) is 0.386. The third-order valence-corrected chi connectivity index (χ3v) is 15.8. The fourth-order valence-corrected chi connectivity index (χ4v) is 11.0. The lowest BCUT2D eigenvalue weighted by Crippen LogP contribution is -2.66. The van der Waals surface area contributed by atoms with Crippen LogP contribution in [-0.4, -0.2) is 154 Å². The van der Waals surface area contributed by atoms with E-state index in [4.69, 9.17) is 66.3 Å². The molecule has 3 heterocycles. The molecule has 98 heavy (non-hydrogen) atoms. The lowest BCUT2D eigenvalue weighted by atomic mass is 9.96. The van der Waals surface area contributed by atoms with Crippen molar-refractivity contribution < 1.29 is 105 Å². The van der Waals surface area contributed by atoms with Gasteiger partial charge in [-0.2, -0.15) is 0 Å². The van der Waals surface area contributed by atoms with Gasteiger partial charge in [0.2, 0.25) is 0 Å². The van der Waals surface area contributed by atoms with Crippen molar-refractivity contribution in [1.82, 2.24) is 0 Å². The van der Waals surface area contributed by atoms with Gasteiger partial charge in [-0.25, -0.2) is 38.4 Å². The van der Waals surface area contributed by atoms with Crippen LogP contribution in [0.5, 0.6) is 0 Å². The topological polar surface area (TPSA) is 266 Å². The van der Waals surface area contributed by atoms with Gasteiger partial charge in [0.25, 0.3) is 0 Å². The summed E-state index contributed by atoms with van der Waals surface area (Å²) in [7, 11) is 0. The second-order valence-electron chi connectivity index (χ2n) is 22.5. The standard InChI is InChI=1S/C76H66O22/c1-3-44-85-74-63(98-75-64(96-72(83)54-40-24-10-25-41-54)61(94-70(81)52-36-20-8-21-37-52)58(47(2)88-75)91-67(78)49-30-14-5-15-31-49)60(93-69(80)51-34-18-7-19-35-51)57(46-87-74)90-76-65(97-73(84)55-42-26-11-27-43-55)62(95-71(82)53-38-22-9-23-39-53)59(92-68(79)50-32-16-6-17-33-50)56(89-76)45-86-66(77)48-28-12-4-13-29-48/h3-43,47,56-65,74-76H,1,44-46H2,2H3/t47-,56+,57-,58-,59+,60-,61+,62-,63+,64+,65+,74+,75-,76-/m0/s1. The lowest BCUT2D eigenvalue weighted by molar-refractivity contribution is -0.369. The van der Waals surface area contributed by atoms with E-state index in [0.29, 0.717) is 0 Å². The van der Waals surface area contributed by atoms with E-state index < -0.39 is 147 Å². The number of benzene rings is 8. The van der Waals surface area contributed by atoms with Crippen LogP contribution in [-0.2, 0) is 66.3 Å². The van der Waals surface area contributed by atoms with Gasteiger partial charge in [0.05, 0.1) is 63.8 Å². The molecule has 0 aliphatic carbocycles. The highest BCUT2D eigenvalue weighted by atomic mass is 16.8. The lowest BCUT2D eigenvalue weighted by Gasteiger charge is -2.49. The van der Waals surface area contributed by atoms with Crippen LogP contribution in [0.4, 0.5) is 0 Å². The summed E-state index contributed by atoms with van der Waals surface area (Å²) in [6.07, 6.45) is -23.2. The number of esters is 8. The Hall–Kier alpha value is -11.0. The molecule has 3 aliphatic heterocycles. The molecule has 502 valence electrons. The zero-order chi connectivity index (χ0) is 68.3. The Bertz CT molecular complexity index is 3980. The van der Waals surface area contributed by atoms with Crippen molar-refractivity contribution in [2.75, 3.05) is 19.8 Å². The molecule has 3 fully saturated rings. The third-order valence-electron chi connectivity index (χ3n) is 15.8. The molecule has 0 N–H and O–H groups in total. The number of hydrogen-bond donors (Lipinski definition) is 0. The number of hydrogen-bond acceptors (Lipinski definition) is 22. The van der Waals surface area contributed by atoms with Gasteiger partial charge in [0, 0.05) is 0 Å². The van der Waals surface area contributed by atoms with Crippen molar-refractivity contribution in [1.29, 1.82) is 0 Å². The first-order valence-corrected chi connectivity index (χ1v) is 31.3. The maximum atomic E-state index is 14.9. The van der Waals surface area contributed by atoms with Crippen molar-refractivity contribution in [3.05, 3.63) is 300 Å². The van der Waals surface area contributed by atoms with E-state index in [0.717, 1.165) is 0 Å². The average molecular weight is 1330 g/mol. The smallest absolute Gasteiger partial charge is 0.338 e. The van der Waals surface area contributed by atoms with Crippen molar-refractivity contribution in [3.8, 4) is 0 Å². The molecule has 14 atom stereocenters. The number of ether oxygens (including phenoxy) is 14. The molecule has 3 saturated heterocycles. The SMILES string of the molecule is C=CCO[C@@H]1OC[C@H](O[C@@H]2O[C@H](COC(=O)c3ccccc3)[C@@H](OC(=O)c3ccccc3)[C@H](OC(=O)c3ccccc3)[C@H]2OC(=O)c2ccccc2)[C@H](OC(=O)c2ccccc2)[C@H]1O[C@@H]1O[C@@H](C)[C@H](OC(=O)c2ccccc2)[C@@H](OC(=O)c2ccccc2)[C@H]1OC(=O)c1ccccc1. The Balaban J connectivity index is 1.03. The molecule has 3 aliphatic rings. The minimum Gasteiger partial charge on any atom is -0.459 e. The Morgan fingerprint density at radius 1 is 0.347 bits per heavy atom. The van der Waals surface area contributed by atoms with Crippen molar-refractivity contribution in [2.45, 2.75) is 92.9 Å². The zero-order valence-electron chi connectivity index (χ0n) is 52.6. The van der Waals surface area contributed by atoms with Crippen molar-refractivity contribution >= 4 is 47.8 Å². The van der Waals surface area contributed by atoms with Crippen LogP contribution >= 0.6 is 0 Å². The van der Waals surface area contributed by atoms with Gasteiger partial charge in [-0.15, -0.1) is 6.58 Å². The fourth-order valence-electron chi connectivity index (χ4n) is 11.0. The van der Waals surface area contributed by atoms with Gasteiger partial charge >= 0.3 is 47.8 Å². The van der Waals surface area contributed by atoms with Crippen LogP contribution in [0.2, 0.25) is 0 Å². The van der Waals surface area contributed by atoms with Gasteiger partial charge in [0.1, 0.15) is 18.8 Å². The normalized spacial score (nSPS) is 24.2. The average Bonchev–Trinajstić information content (AvgIpc) is 0.775. The quantitative estimate of drug-likeness (QED) is 0.0309. The van der Waals surface area contributed by atoms with Gasteiger partial charge in [-0.1, -0.05) is 152 Å². The Morgan fingerprint density at radius 2 is 0.643 bits per heavy atom. The van der Waals surface area contributed by atoms with E-state index in [1.54, 1.807) is 146 Å². The van der Waals surface area contributed by atoms with E-state index >= 15 is 0 Å². The summed E-state index contributed by atoms with van der Waals surface area (Å²) in [5.74, 6) is -7.58. The monoisotopic (exact) mass is 1330 g/mol. The second kappa shape index (κ2) is 33.1. The molecule has 0 spiro atoms. The summed E-state index contributed by atoms with van der Waals surface area (Å²) in [5, 5.41) is 0. The van der Waals surface area contributed by atoms with Crippen LogP contribution in [0.1, 0.15) is 89.8 Å². The molecular formula is C76H66O22. The zero-order valence-corrected chi connectivity index (χ0v) is 52.6. The van der Waals surface area contributed by atoms with Crippen LogP contribution in [0.3, 0.4) is 0 Å². The highest BCUT2D eigenvalue weighted by Crippen LogP contribution is 2.38. The third kappa shape index (κ3) is 17.2. The molecular weight excluding hydrogens is 1260 g/mol. The molecule has 8 aromatic rings. The molecule has 0 bridgehead atoms. The number of carbonyl (C=O) groups excluding carboxylic acids is 8. The highest BCUT2D eigenvalue weighted by molar-refractivity contribution is 5.93. The van der Waals surface area contributed by atoms with Crippen molar-refractivity contribution in [3.63, 3.8) is 0 Å². The van der Waals surface area contributed by atoms with Crippen LogP contribution in [0.25, 0.3) is 0 Å². The maximum Gasteiger partial charge on any atom is 0.338 e. The summed E-state index contributed by atoms with van der Waals surface area (Å²) < 4.78 is 90.4. The Morgan fingerprint density at radius 3 is 1.00 bits per heavy atom. The number of carbonyl (C=O) groups is 8. The largest absolute Gasteiger partial charge is 0.459 e. The molecule has 0 unspecified atom stereocenters. The molecule has 0 amide bonds. The van der Waals surface area contributed by atoms with E-state index in [1.165, 1.54) is 110 Å². The summed E-state index contributed by atoms with van der Waals surface area (Å²) in [6.45, 7) is 3.75. The molecule has 11 rings (SSSR count). The Kier molecular flexibility index (Phi) is 23.1. The molecule has 8 aromatic carbocycles. The molecule has 0 saturated carbocycles. The predicted molar refractivity (Wildman–Crippen MR) is 345 cm³/mol. The van der Waals surface area contributed by atoms with Gasteiger partial charge < -0.3 is 66.3 Å². The second-order valence-corrected chi connectivity index (χ2v) is 22.5. The summed E-state index contributed by atoms with van der Waals surface area (Å²) >= 11 is 0. The summed E-state index contributed by atoms with van der Waals surface area (Å²) in [6, 6.07) is 62.5. The minimum atomic E-state index is -2.02. The first-order valence-electron chi connectivity index (χ1n) is 31.3. The van der Waals surface area contributed by atoms with E-state index in [1.807, 2.05) is 0 Å². The minimum absolute atomic E-state index is 0.00322.